The number of carbonyl (C=O) groups is 2. The summed E-state index contributed by atoms with van der Waals surface area (Å²) in [4.78, 5) is 24.7. The summed E-state index contributed by atoms with van der Waals surface area (Å²) in [6.07, 6.45) is 2.40. The second kappa shape index (κ2) is 6.17. The summed E-state index contributed by atoms with van der Waals surface area (Å²) in [5.74, 6) is -1.58. The van der Waals surface area contributed by atoms with Crippen molar-refractivity contribution in [3.8, 4) is 0 Å². The first kappa shape index (κ1) is 14.9. The summed E-state index contributed by atoms with van der Waals surface area (Å²) >= 11 is 0. The molecule has 0 aromatic rings. The molecule has 0 aliphatic carbocycles. The number of hydrogen-bond acceptors (Lipinski definition) is 5. The van der Waals surface area contributed by atoms with E-state index in [1.807, 2.05) is 0 Å². The fourth-order valence-electron chi connectivity index (χ4n) is 1.97. The number of piperidine rings is 1. The maximum absolute atomic E-state index is 11.7. The van der Waals surface area contributed by atoms with E-state index in [2.05, 4.69) is 0 Å². The summed E-state index contributed by atoms with van der Waals surface area (Å²) in [5, 5.41) is 0. The maximum atomic E-state index is 11.7. The van der Waals surface area contributed by atoms with E-state index in [-0.39, 0.29) is 18.4 Å². The van der Waals surface area contributed by atoms with Crippen molar-refractivity contribution in [3.63, 3.8) is 0 Å². The van der Waals surface area contributed by atoms with Gasteiger partial charge in [-0.05, 0) is 19.8 Å². The Morgan fingerprint density at radius 3 is 2.61 bits per heavy atom. The highest BCUT2D eigenvalue weighted by molar-refractivity contribution is 7.91. The van der Waals surface area contributed by atoms with Crippen molar-refractivity contribution in [2.24, 2.45) is 5.92 Å². The average Bonchev–Trinajstić information content (AvgIpc) is 2.27. The molecule has 0 N–H and O–H groups in total. The van der Waals surface area contributed by atoms with E-state index < -0.39 is 21.5 Å². The Hall–Kier alpha value is -1.11. The van der Waals surface area contributed by atoms with Crippen LogP contribution in [0.15, 0.2) is 0 Å². The van der Waals surface area contributed by atoms with Crippen molar-refractivity contribution in [1.82, 2.24) is 4.90 Å². The molecule has 0 radical (unpaired) electrons. The van der Waals surface area contributed by atoms with Crippen molar-refractivity contribution in [1.29, 1.82) is 0 Å². The van der Waals surface area contributed by atoms with E-state index in [9.17, 15) is 18.0 Å². The Kier molecular flexibility index (Phi) is 5.13. The van der Waals surface area contributed by atoms with Crippen LogP contribution in [0.5, 0.6) is 0 Å². The van der Waals surface area contributed by atoms with E-state index in [4.69, 9.17) is 4.74 Å². The highest BCUT2D eigenvalue weighted by Crippen LogP contribution is 2.18. The molecule has 0 unspecified atom stereocenters. The lowest BCUT2D eigenvalue weighted by molar-refractivity contribution is -0.151. The molecule has 1 fully saturated rings. The van der Waals surface area contributed by atoms with E-state index in [1.165, 1.54) is 4.90 Å². The molecule has 1 rings (SSSR count). The first-order chi connectivity index (χ1) is 8.33. The zero-order chi connectivity index (χ0) is 13.8. The first-order valence-corrected chi connectivity index (χ1v) is 8.01. The fraction of sp³-hybridized carbons (Fsp3) is 0.818. The van der Waals surface area contributed by atoms with Gasteiger partial charge in [0.15, 0.2) is 9.84 Å². The van der Waals surface area contributed by atoms with Crippen LogP contribution in [-0.2, 0) is 24.2 Å². The molecule has 1 saturated heterocycles. The van der Waals surface area contributed by atoms with E-state index >= 15 is 0 Å². The number of sulfone groups is 1. The number of esters is 1. The molecule has 0 bridgehead atoms. The van der Waals surface area contributed by atoms with E-state index in [0.717, 1.165) is 6.26 Å². The lowest BCUT2D eigenvalue weighted by atomic mass is 9.98. The third-order valence-electron chi connectivity index (χ3n) is 2.78. The van der Waals surface area contributed by atoms with Gasteiger partial charge in [-0.3, -0.25) is 9.59 Å². The second-order valence-electron chi connectivity index (χ2n) is 4.50. The predicted octanol–water partition coefficient (Wildman–Crippen LogP) is -0.167. The van der Waals surface area contributed by atoms with Gasteiger partial charge in [-0.1, -0.05) is 0 Å². The second-order valence-corrected chi connectivity index (χ2v) is 6.64. The largest absolute Gasteiger partial charge is 0.466 e. The number of likely N-dealkylation sites (tertiary alicyclic amines) is 1. The monoisotopic (exact) mass is 277 g/mol. The molecule has 18 heavy (non-hydrogen) atoms. The van der Waals surface area contributed by atoms with Crippen LogP contribution in [0.1, 0.15) is 19.8 Å². The Morgan fingerprint density at radius 1 is 1.39 bits per heavy atom. The molecule has 104 valence electrons. The molecule has 1 heterocycles. The van der Waals surface area contributed by atoms with Crippen LogP contribution in [0.3, 0.4) is 0 Å². The minimum atomic E-state index is -3.33. The van der Waals surface area contributed by atoms with Crippen LogP contribution in [0.25, 0.3) is 0 Å². The summed E-state index contributed by atoms with van der Waals surface area (Å²) in [6.45, 7) is 2.80. The summed E-state index contributed by atoms with van der Waals surface area (Å²) in [6, 6.07) is 0. The highest BCUT2D eigenvalue weighted by atomic mass is 32.2. The topological polar surface area (TPSA) is 80.8 Å². The third kappa shape index (κ3) is 4.64. The standard InChI is InChI=1S/C11H19NO5S/c1-3-17-11(14)9-5-4-6-12(7-9)10(13)8-18(2,15)16/h9H,3-8H2,1-2H3/t9-/m0/s1. The molecule has 1 atom stereocenters. The van der Waals surface area contributed by atoms with Crippen molar-refractivity contribution in [2.45, 2.75) is 19.8 Å². The SMILES string of the molecule is CCOC(=O)[C@H]1CCCN(C(=O)CS(C)(=O)=O)C1. The van der Waals surface area contributed by atoms with Crippen LogP contribution in [0.4, 0.5) is 0 Å². The van der Waals surface area contributed by atoms with Gasteiger partial charge in [-0.15, -0.1) is 0 Å². The van der Waals surface area contributed by atoms with Crippen molar-refractivity contribution in [3.05, 3.63) is 0 Å². The van der Waals surface area contributed by atoms with Crippen LogP contribution in [0.2, 0.25) is 0 Å². The molecule has 6 nitrogen and oxygen atoms in total. The number of ether oxygens (including phenoxy) is 1. The fourth-order valence-corrected chi connectivity index (χ4v) is 2.60. The van der Waals surface area contributed by atoms with Crippen LogP contribution in [-0.4, -0.2) is 56.9 Å². The van der Waals surface area contributed by atoms with Gasteiger partial charge >= 0.3 is 5.97 Å². The van der Waals surface area contributed by atoms with Gasteiger partial charge in [0.2, 0.25) is 5.91 Å². The molecule has 1 amide bonds. The van der Waals surface area contributed by atoms with Gasteiger partial charge in [0.1, 0.15) is 5.75 Å². The molecule has 0 saturated carbocycles. The zero-order valence-corrected chi connectivity index (χ0v) is 11.5. The third-order valence-corrected chi connectivity index (χ3v) is 3.55. The molecule has 0 aromatic carbocycles. The first-order valence-electron chi connectivity index (χ1n) is 5.95. The van der Waals surface area contributed by atoms with Gasteiger partial charge in [-0.2, -0.15) is 0 Å². The summed E-state index contributed by atoms with van der Waals surface area (Å²) in [7, 11) is -3.33. The van der Waals surface area contributed by atoms with Crippen LogP contribution in [0, 0.1) is 5.92 Å². The van der Waals surface area contributed by atoms with Gasteiger partial charge in [-0.25, -0.2) is 8.42 Å². The minimum Gasteiger partial charge on any atom is -0.466 e. The highest BCUT2D eigenvalue weighted by Gasteiger charge is 2.30. The summed E-state index contributed by atoms with van der Waals surface area (Å²) in [5.41, 5.74) is 0. The number of nitrogens with zero attached hydrogens (tertiary/aromatic N) is 1. The van der Waals surface area contributed by atoms with Crippen molar-refractivity contribution < 1.29 is 22.7 Å². The van der Waals surface area contributed by atoms with Crippen molar-refractivity contribution >= 4 is 21.7 Å². The predicted molar refractivity (Wildman–Crippen MR) is 65.6 cm³/mol. The zero-order valence-electron chi connectivity index (χ0n) is 10.7. The number of carbonyl (C=O) groups excluding carboxylic acids is 2. The molecular formula is C11H19NO5S. The Balaban J connectivity index is 2.58. The van der Waals surface area contributed by atoms with E-state index in [1.54, 1.807) is 6.92 Å². The Labute approximate surface area is 107 Å². The van der Waals surface area contributed by atoms with Crippen LogP contribution < -0.4 is 0 Å². The molecule has 0 aromatic heterocycles. The minimum absolute atomic E-state index is 0.257. The van der Waals surface area contributed by atoms with Gasteiger partial charge in [0.05, 0.1) is 12.5 Å². The number of hydrogen-bond donors (Lipinski definition) is 0. The van der Waals surface area contributed by atoms with Gasteiger partial charge in [0.25, 0.3) is 0 Å². The molecular weight excluding hydrogens is 258 g/mol. The smallest absolute Gasteiger partial charge is 0.310 e. The molecule has 7 heteroatoms. The molecule has 1 aliphatic heterocycles. The average molecular weight is 277 g/mol. The maximum Gasteiger partial charge on any atom is 0.310 e. The normalized spacial score (nSPS) is 20.6. The van der Waals surface area contributed by atoms with Crippen molar-refractivity contribution in [2.75, 3.05) is 31.7 Å². The lowest BCUT2D eigenvalue weighted by Crippen LogP contribution is -2.44. The molecule has 0 spiro atoms. The van der Waals surface area contributed by atoms with E-state index in [0.29, 0.717) is 26.0 Å². The summed E-state index contributed by atoms with van der Waals surface area (Å²) < 4.78 is 27.0. The van der Waals surface area contributed by atoms with Gasteiger partial charge in [0, 0.05) is 19.3 Å². The number of rotatable bonds is 4. The van der Waals surface area contributed by atoms with Gasteiger partial charge < -0.3 is 9.64 Å². The molecule has 1 aliphatic rings. The lowest BCUT2D eigenvalue weighted by Gasteiger charge is -2.31. The quantitative estimate of drug-likeness (QED) is 0.667. The Morgan fingerprint density at radius 2 is 2.06 bits per heavy atom. The van der Waals surface area contributed by atoms with Crippen LogP contribution >= 0.6 is 0 Å². The number of amides is 1. The Bertz CT molecular complexity index is 417.